The van der Waals surface area contributed by atoms with Crippen LogP contribution in [0, 0.1) is 0 Å². The fourth-order valence-corrected chi connectivity index (χ4v) is 5.72. The zero-order valence-corrected chi connectivity index (χ0v) is 29.0. The van der Waals surface area contributed by atoms with Gasteiger partial charge in [0.25, 0.3) is 0 Å². The van der Waals surface area contributed by atoms with E-state index in [4.69, 9.17) is 0 Å². The summed E-state index contributed by atoms with van der Waals surface area (Å²) in [5.74, 6) is -0.0919. The maximum Gasteiger partial charge on any atom is 0.220 e. The van der Waals surface area contributed by atoms with Gasteiger partial charge in [-0.25, -0.2) is 0 Å². The molecule has 0 aromatic carbocycles. The van der Waals surface area contributed by atoms with E-state index in [0.717, 1.165) is 44.9 Å². The lowest BCUT2D eigenvalue weighted by atomic mass is 10.0. The van der Waals surface area contributed by atoms with Gasteiger partial charge in [0.05, 0.1) is 18.8 Å². The van der Waals surface area contributed by atoms with E-state index >= 15 is 0 Å². The number of amides is 1. The van der Waals surface area contributed by atoms with Crippen LogP contribution in [0.2, 0.25) is 0 Å². The quantitative estimate of drug-likeness (QED) is 0.0505. The molecule has 0 aliphatic rings. The predicted molar refractivity (Wildman–Crippen MR) is 189 cm³/mol. The number of unbranched alkanes of at least 4 members (excludes halogenated alkanes) is 25. The Hall–Kier alpha value is -1.13. The molecule has 0 aliphatic carbocycles. The molecule has 43 heavy (non-hydrogen) atoms. The number of aliphatic hydroxyl groups excluding tert-OH is 2. The van der Waals surface area contributed by atoms with Gasteiger partial charge in [-0.1, -0.05) is 186 Å². The molecule has 0 fully saturated rings. The summed E-state index contributed by atoms with van der Waals surface area (Å²) in [5, 5.41) is 22.6. The van der Waals surface area contributed by atoms with E-state index in [0.29, 0.717) is 6.42 Å². The van der Waals surface area contributed by atoms with Crippen LogP contribution in [-0.2, 0) is 4.79 Å². The Balaban J connectivity index is 3.44. The zero-order chi connectivity index (χ0) is 31.5. The van der Waals surface area contributed by atoms with Crippen molar-refractivity contribution in [2.24, 2.45) is 0 Å². The van der Waals surface area contributed by atoms with E-state index in [1.54, 1.807) is 6.08 Å². The first-order valence-corrected chi connectivity index (χ1v) is 19.1. The Labute approximate surface area is 269 Å². The molecule has 0 saturated heterocycles. The first kappa shape index (κ1) is 41.9. The third-order valence-electron chi connectivity index (χ3n) is 8.69. The second-order valence-electron chi connectivity index (χ2n) is 13.0. The molecule has 0 aromatic heterocycles. The van der Waals surface area contributed by atoms with Crippen molar-refractivity contribution in [1.82, 2.24) is 5.32 Å². The predicted octanol–water partition coefficient (Wildman–Crippen LogP) is 11.3. The number of carbonyl (C=O) groups excluding carboxylic acids is 1. The van der Waals surface area contributed by atoms with Gasteiger partial charge in [0.1, 0.15) is 0 Å². The number of rotatable bonds is 34. The van der Waals surface area contributed by atoms with Crippen molar-refractivity contribution in [3.8, 4) is 0 Å². The standard InChI is InChI=1S/C39H75NO3/c1-3-5-7-9-10-11-12-13-14-15-16-17-18-19-20-21-22-23-24-25-26-27-28-29-30-31-32-34-38(42)37(36-41)40-39(43)35-33-8-6-4-2/h28-29,32,34,37-38,41-42H,3-27,30-31,33,35-36H2,1-2H3,(H,40,43)/b29-28+,34-32+. The lowest BCUT2D eigenvalue weighted by molar-refractivity contribution is -0.123. The Morgan fingerprint density at radius 3 is 1.35 bits per heavy atom. The van der Waals surface area contributed by atoms with Crippen LogP contribution >= 0.6 is 0 Å². The second kappa shape index (κ2) is 35.4. The molecule has 1 amide bonds. The van der Waals surface area contributed by atoms with Crippen molar-refractivity contribution in [3.63, 3.8) is 0 Å². The van der Waals surface area contributed by atoms with Crippen molar-refractivity contribution >= 4 is 5.91 Å². The van der Waals surface area contributed by atoms with Gasteiger partial charge in [-0.15, -0.1) is 0 Å². The number of nitrogens with one attached hydrogen (secondary N) is 1. The van der Waals surface area contributed by atoms with Crippen LogP contribution < -0.4 is 5.32 Å². The van der Waals surface area contributed by atoms with Gasteiger partial charge < -0.3 is 15.5 Å². The van der Waals surface area contributed by atoms with Crippen molar-refractivity contribution in [2.75, 3.05) is 6.61 Å². The van der Waals surface area contributed by atoms with Gasteiger partial charge in [-0.3, -0.25) is 4.79 Å². The zero-order valence-electron chi connectivity index (χ0n) is 29.0. The molecule has 0 saturated carbocycles. The molecule has 0 heterocycles. The SMILES string of the molecule is CCCCCCCCCCCCCCCCCCCCCCC/C=C/CC/C=C/C(O)C(CO)NC(=O)CCCCCC. The topological polar surface area (TPSA) is 69.6 Å². The summed E-state index contributed by atoms with van der Waals surface area (Å²) in [5.41, 5.74) is 0. The monoisotopic (exact) mass is 606 g/mol. The van der Waals surface area contributed by atoms with E-state index in [9.17, 15) is 15.0 Å². The average Bonchev–Trinajstić information content (AvgIpc) is 3.01. The minimum atomic E-state index is -0.854. The van der Waals surface area contributed by atoms with Crippen molar-refractivity contribution in [2.45, 2.75) is 212 Å². The van der Waals surface area contributed by atoms with Crippen LogP contribution in [0.15, 0.2) is 24.3 Å². The van der Waals surface area contributed by atoms with Gasteiger partial charge in [-0.2, -0.15) is 0 Å². The van der Waals surface area contributed by atoms with Crippen LogP contribution in [0.1, 0.15) is 200 Å². The molecular formula is C39H75NO3. The average molecular weight is 606 g/mol. The van der Waals surface area contributed by atoms with E-state index < -0.39 is 12.1 Å². The summed E-state index contributed by atoms with van der Waals surface area (Å²) in [4.78, 5) is 12.0. The van der Waals surface area contributed by atoms with Gasteiger partial charge in [0.2, 0.25) is 5.91 Å². The van der Waals surface area contributed by atoms with E-state index in [2.05, 4.69) is 31.3 Å². The number of aliphatic hydroxyl groups is 2. The first-order chi connectivity index (χ1) is 21.2. The molecule has 0 spiro atoms. The van der Waals surface area contributed by atoms with Gasteiger partial charge in [0.15, 0.2) is 0 Å². The van der Waals surface area contributed by atoms with Crippen LogP contribution in [0.4, 0.5) is 0 Å². The molecule has 2 atom stereocenters. The third-order valence-corrected chi connectivity index (χ3v) is 8.69. The summed E-state index contributed by atoms with van der Waals surface area (Å²) < 4.78 is 0. The molecule has 254 valence electrons. The molecule has 2 unspecified atom stereocenters. The Morgan fingerprint density at radius 2 is 0.907 bits per heavy atom. The van der Waals surface area contributed by atoms with Crippen LogP contribution in [0.25, 0.3) is 0 Å². The fraction of sp³-hybridized carbons (Fsp3) is 0.872. The first-order valence-electron chi connectivity index (χ1n) is 19.1. The number of hydrogen-bond acceptors (Lipinski definition) is 3. The van der Waals surface area contributed by atoms with Gasteiger partial charge in [0, 0.05) is 6.42 Å². The molecule has 0 aliphatic heterocycles. The lowest BCUT2D eigenvalue weighted by Gasteiger charge is -2.19. The minimum Gasteiger partial charge on any atom is -0.394 e. The smallest absolute Gasteiger partial charge is 0.220 e. The molecule has 3 N–H and O–H groups in total. The van der Waals surface area contributed by atoms with Gasteiger partial charge in [-0.05, 0) is 32.1 Å². The van der Waals surface area contributed by atoms with Crippen molar-refractivity contribution < 1.29 is 15.0 Å². The molecule has 0 radical (unpaired) electrons. The molecule has 0 rings (SSSR count). The maximum atomic E-state index is 12.0. The van der Waals surface area contributed by atoms with E-state index in [1.165, 1.54) is 135 Å². The molecule has 0 bridgehead atoms. The summed E-state index contributed by atoms with van der Waals surface area (Å²) in [7, 11) is 0. The van der Waals surface area contributed by atoms with Gasteiger partial charge >= 0.3 is 0 Å². The van der Waals surface area contributed by atoms with Crippen LogP contribution in [0.5, 0.6) is 0 Å². The highest BCUT2D eigenvalue weighted by molar-refractivity contribution is 5.76. The van der Waals surface area contributed by atoms with E-state index in [-0.39, 0.29) is 12.5 Å². The largest absolute Gasteiger partial charge is 0.394 e. The molecule has 4 nitrogen and oxygen atoms in total. The Morgan fingerprint density at radius 1 is 0.535 bits per heavy atom. The molecule has 4 heteroatoms. The lowest BCUT2D eigenvalue weighted by Crippen LogP contribution is -2.45. The summed E-state index contributed by atoms with van der Waals surface area (Å²) >= 11 is 0. The summed E-state index contributed by atoms with van der Waals surface area (Å²) in [6, 6.07) is -0.630. The van der Waals surface area contributed by atoms with Crippen molar-refractivity contribution in [1.29, 1.82) is 0 Å². The third kappa shape index (κ3) is 32.1. The number of carbonyl (C=O) groups is 1. The fourth-order valence-electron chi connectivity index (χ4n) is 5.72. The number of allylic oxidation sites excluding steroid dienone is 3. The molecule has 0 aromatic rings. The van der Waals surface area contributed by atoms with E-state index in [1.807, 2.05) is 6.08 Å². The summed E-state index contributed by atoms with van der Waals surface area (Å²) in [6.07, 6.45) is 44.8. The van der Waals surface area contributed by atoms with Crippen LogP contribution in [0.3, 0.4) is 0 Å². The van der Waals surface area contributed by atoms with Crippen molar-refractivity contribution in [3.05, 3.63) is 24.3 Å². The minimum absolute atomic E-state index is 0.0919. The normalized spacial score (nSPS) is 13.3. The number of hydrogen-bond donors (Lipinski definition) is 3. The highest BCUT2D eigenvalue weighted by Gasteiger charge is 2.17. The molecular weight excluding hydrogens is 530 g/mol. The Kier molecular flexibility index (Phi) is 34.4. The second-order valence-corrected chi connectivity index (χ2v) is 13.0. The summed E-state index contributed by atoms with van der Waals surface area (Å²) in [6.45, 7) is 4.18. The maximum absolute atomic E-state index is 12.0. The highest BCUT2D eigenvalue weighted by Crippen LogP contribution is 2.15. The highest BCUT2D eigenvalue weighted by atomic mass is 16.3. The van der Waals surface area contributed by atoms with Crippen LogP contribution in [-0.4, -0.2) is 34.9 Å². The Bertz CT molecular complexity index is 618.